The summed E-state index contributed by atoms with van der Waals surface area (Å²) in [5, 5.41) is 1.11. The molecule has 1 fully saturated rings. The van der Waals surface area contributed by atoms with E-state index in [4.69, 9.17) is 9.16 Å². The summed E-state index contributed by atoms with van der Waals surface area (Å²) in [6.45, 7) is 13.0. The Morgan fingerprint density at radius 1 is 1.10 bits per heavy atom. The van der Waals surface area contributed by atoms with Gasteiger partial charge in [0.1, 0.15) is 12.3 Å². The molecule has 3 rings (SSSR count). The number of alkyl halides is 2. The van der Waals surface area contributed by atoms with Crippen molar-refractivity contribution >= 4 is 30.2 Å². The van der Waals surface area contributed by atoms with Crippen LogP contribution in [0.4, 0.5) is 4.39 Å². The fraction of sp³-hybridized carbons (Fsp3) is 0.727. The van der Waals surface area contributed by atoms with Gasteiger partial charge in [-0.25, -0.2) is 4.39 Å². The van der Waals surface area contributed by atoms with Crippen LogP contribution in [0.15, 0.2) is 36.4 Å². The van der Waals surface area contributed by atoms with Crippen molar-refractivity contribution in [1.82, 2.24) is 0 Å². The molecule has 39 heavy (non-hydrogen) atoms. The van der Waals surface area contributed by atoms with Gasteiger partial charge in [-0.15, -0.1) is 0 Å². The highest BCUT2D eigenvalue weighted by Crippen LogP contribution is 2.44. The molecule has 220 valence electrons. The lowest BCUT2D eigenvalue weighted by Gasteiger charge is -2.40. The fourth-order valence-corrected chi connectivity index (χ4v) is 8.01. The third-order valence-electron chi connectivity index (χ3n) is 9.47. The van der Waals surface area contributed by atoms with E-state index >= 15 is 4.39 Å². The summed E-state index contributed by atoms with van der Waals surface area (Å²) in [5.74, 6) is 0.287. The second-order valence-electron chi connectivity index (χ2n) is 13.5. The number of rotatable bonds is 14. The molecule has 0 unspecified atom stereocenters. The fourth-order valence-electron chi connectivity index (χ4n) is 6.26. The molecule has 2 aliphatic rings. The van der Waals surface area contributed by atoms with Crippen molar-refractivity contribution in [3.63, 3.8) is 0 Å². The van der Waals surface area contributed by atoms with Crippen LogP contribution in [0.1, 0.15) is 90.2 Å². The molecule has 2 aliphatic carbocycles. The van der Waals surface area contributed by atoms with E-state index in [1.165, 1.54) is 18.1 Å². The van der Waals surface area contributed by atoms with Gasteiger partial charge in [0.15, 0.2) is 8.32 Å². The quantitative estimate of drug-likeness (QED) is 0.0681. The number of carbonyl (C=O) groups excluding carboxylic acids is 1. The zero-order valence-electron chi connectivity index (χ0n) is 25.2. The Kier molecular flexibility index (Phi) is 12.3. The number of ether oxygens (including phenoxy) is 1. The summed E-state index contributed by atoms with van der Waals surface area (Å²) in [6.07, 6.45) is 12.6. The number of unbranched alkanes of at least 4 members (excludes halogenated alkanes) is 1. The first-order valence-corrected chi connectivity index (χ1v) is 19.2. The summed E-state index contributed by atoms with van der Waals surface area (Å²) < 4.78 is 28.1. The largest absolute Gasteiger partial charge is 0.462 e. The molecule has 0 amide bonds. The average molecular weight is 624 g/mol. The van der Waals surface area contributed by atoms with Gasteiger partial charge in [-0.05, 0) is 98.9 Å². The van der Waals surface area contributed by atoms with Crippen LogP contribution in [-0.4, -0.2) is 38.0 Å². The molecule has 0 aromatic heterocycles. The number of hydrogen-bond acceptors (Lipinski definition) is 3. The third kappa shape index (κ3) is 9.53. The van der Waals surface area contributed by atoms with Crippen LogP contribution in [0, 0.1) is 17.8 Å². The second-order valence-corrected chi connectivity index (χ2v) is 19.0. The number of allylic oxidation sites excluding steroid dienone is 2. The smallest absolute Gasteiger partial charge is 0.302 e. The van der Waals surface area contributed by atoms with E-state index in [-0.39, 0.29) is 35.1 Å². The second kappa shape index (κ2) is 14.8. The molecule has 0 heterocycles. The molecule has 0 N–H and O–H groups in total. The lowest BCUT2D eigenvalue weighted by Crippen LogP contribution is -2.44. The molecule has 0 bridgehead atoms. The van der Waals surface area contributed by atoms with Crippen LogP contribution in [0.5, 0.6) is 0 Å². The molecule has 3 nitrogen and oxygen atoms in total. The Morgan fingerprint density at radius 2 is 1.74 bits per heavy atom. The minimum Gasteiger partial charge on any atom is -0.462 e. The number of benzene rings is 1. The number of fused-ring (bicyclic) bond motifs is 1. The third-order valence-corrected chi connectivity index (χ3v) is 14.6. The van der Waals surface area contributed by atoms with Crippen molar-refractivity contribution in [2.75, 3.05) is 5.33 Å². The first kappa shape index (κ1) is 32.5. The molecule has 1 aromatic rings. The minimum absolute atomic E-state index is 0.0296. The molecule has 0 radical (unpaired) electrons. The van der Waals surface area contributed by atoms with Crippen molar-refractivity contribution in [2.24, 2.45) is 17.8 Å². The van der Waals surface area contributed by atoms with Gasteiger partial charge in [0.25, 0.3) is 0 Å². The monoisotopic (exact) mass is 622 g/mol. The molecule has 0 spiro atoms. The Morgan fingerprint density at radius 3 is 2.33 bits per heavy atom. The minimum atomic E-state index is -1.97. The van der Waals surface area contributed by atoms with Crippen molar-refractivity contribution in [3.05, 3.63) is 47.5 Å². The van der Waals surface area contributed by atoms with E-state index in [1.54, 1.807) is 0 Å². The first-order valence-electron chi connectivity index (χ1n) is 15.2. The number of carbonyl (C=O) groups is 1. The van der Waals surface area contributed by atoms with E-state index < -0.39 is 14.5 Å². The van der Waals surface area contributed by atoms with Gasteiger partial charge in [0.2, 0.25) is 0 Å². The summed E-state index contributed by atoms with van der Waals surface area (Å²) in [7, 11) is -1.97. The lowest BCUT2D eigenvalue weighted by molar-refractivity contribution is -0.148. The molecule has 1 saturated carbocycles. The van der Waals surface area contributed by atoms with Crippen molar-refractivity contribution in [3.8, 4) is 0 Å². The molecule has 0 saturated heterocycles. The highest BCUT2D eigenvalue weighted by Gasteiger charge is 2.45. The van der Waals surface area contributed by atoms with Gasteiger partial charge in [-0.1, -0.05) is 73.1 Å². The van der Waals surface area contributed by atoms with Crippen molar-refractivity contribution < 1.29 is 18.3 Å². The van der Waals surface area contributed by atoms with Gasteiger partial charge >= 0.3 is 5.97 Å². The van der Waals surface area contributed by atoms with Gasteiger partial charge < -0.3 is 9.16 Å². The van der Waals surface area contributed by atoms with Crippen molar-refractivity contribution in [2.45, 2.75) is 128 Å². The van der Waals surface area contributed by atoms with Gasteiger partial charge in [0, 0.05) is 30.7 Å². The lowest BCUT2D eigenvalue weighted by atomic mass is 9.85. The Balaban J connectivity index is 1.68. The highest BCUT2D eigenvalue weighted by molar-refractivity contribution is 9.09. The highest BCUT2D eigenvalue weighted by atomic mass is 79.9. The summed E-state index contributed by atoms with van der Waals surface area (Å²) in [6, 6.07) is 8.84. The van der Waals surface area contributed by atoms with Crippen molar-refractivity contribution in [1.29, 1.82) is 0 Å². The molecule has 1 aromatic carbocycles. The number of esters is 1. The Hall–Kier alpha value is -0.983. The first-order chi connectivity index (χ1) is 18.4. The van der Waals surface area contributed by atoms with Crippen LogP contribution in [0.3, 0.4) is 0 Å². The molecule has 5 atom stereocenters. The van der Waals surface area contributed by atoms with Gasteiger partial charge in [-0.3, -0.25) is 4.79 Å². The predicted molar refractivity (Wildman–Crippen MR) is 167 cm³/mol. The van der Waals surface area contributed by atoms with Crippen LogP contribution in [0.2, 0.25) is 18.1 Å². The topological polar surface area (TPSA) is 35.5 Å². The maximum Gasteiger partial charge on any atom is 0.302 e. The van der Waals surface area contributed by atoms with Crippen LogP contribution < -0.4 is 0 Å². The van der Waals surface area contributed by atoms with E-state index in [2.05, 4.69) is 86.2 Å². The van der Waals surface area contributed by atoms with Crippen LogP contribution in [0.25, 0.3) is 0 Å². The zero-order chi connectivity index (χ0) is 28.6. The van der Waals surface area contributed by atoms with E-state index in [0.29, 0.717) is 12.3 Å². The van der Waals surface area contributed by atoms with Crippen LogP contribution in [-0.2, 0) is 26.8 Å². The Labute approximate surface area is 247 Å². The molecular weight excluding hydrogens is 571 g/mol. The van der Waals surface area contributed by atoms with Gasteiger partial charge in [-0.2, -0.15) is 0 Å². The SMILES string of the molecule is CC(=O)O[C@H]1C[C@H](F)[C@H](CC[C@H](CCC2Cc3ccccc3C2)O[Si](C)(C)C(C)(C)C)[C@H]1C/C=C\CCCBr. The predicted octanol–water partition coefficient (Wildman–Crippen LogP) is 9.38. The van der Waals surface area contributed by atoms with Gasteiger partial charge in [0.05, 0.1) is 0 Å². The molecule has 0 aliphatic heterocycles. The maximum absolute atomic E-state index is 15.5. The van der Waals surface area contributed by atoms with E-state index in [0.717, 1.165) is 63.1 Å². The summed E-state index contributed by atoms with van der Waals surface area (Å²) >= 11 is 3.48. The maximum atomic E-state index is 15.5. The normalized spacial score (nSPS) is 24.8. The summed E-state index contributed by atoms with van der Waals surface area (Å²) in [5.41, 5.74) is 3.00. The average Bonchev–Trinajstić information content (AvgIpc) is 3.39. The molecular formula is C33H52BrFO3Si. The van der Waals surface area contributed by atoms with Crippen LogP contribution >= 0.6 is 15.9 Å². The van der Waals surface area contributed by atoms with E-state index in [1.807, 2.05) is 0 Å². The standard InChI is InChI=1S/C33H52BrFO3Si/c1-24(36)37-32-23-31(35)29(30(32)15-9-7-8-12-20-34)19-18-28(38-39(5,6)33(2,3)4)17-16-25-21-26-13-10-11-14-27(26)22-25/h7,9-11,13-14,25,28-32H,8,12,15-23H2,1-6H3/b9-7-/t28-,29+,30+,31-,32-/m0/s1. The zero-order valence-corrected chi connectivity index (χ0v) is 27.8. The number of halogens is 2. The van der Waals surface area contributed by atoms with E-state index in [9.17, 15) is 4.79 Å². The molecule has 6 heteroatoms. The number of hydrogen-bond donors (Lipinski definition) is 0. The summed E-state index contributed by atoms with van der Waals surface area (Å²) in [4.78, 5) is 11.8. The Bertz CT molecular complexity index is 918.